The van der Waals surface area contributed by atoms with Gasteiger partial charge in [0, 0.05) is 19.7 Å². The van der Waals surface area contributed by atoms with Gasteiger partial charge in [-0.2, -0.15) is 0 Å². The summed E-state index contributed by atoms with van der Waals surface area (Å²) in [6.07, 6.45) is 0.571. The summed E-state index contributed by atoms with van der Waals surface area (Å²) in [5.74, 6) is -0.368. The first-order valence-electron chi connectivity index (χ1n) is 5.99. The zero-order chi connectivity index (χ0) is 13.5. The second-order valence-corrected chi connectivity index (χ2v) is 4.59. The third-order valence-corrected chi connectivity index (χ3v) is 3.01. The lowest BCUT2D eigenvalue weighted by Crippen LogP contribution is -2.49. The number of hydrogen-bond acceptors (Lipinski definition) is 5. The molecule has 0 aliphatic rings. The molecule has 0 heterocycles. The minimum Gasteiger partial charge on any atom is -0.468 e. The van der Waals surface area contributed by atoms with E-state index in [0.29, 0.717) is 19.1 Å². The van der Waals surface area contributed by atoms with Gasteiger partial charge in [-0.05, 0) is 26.8 Å². The lowest BCUT2D eigenvalue weighted by molar-refractivity contribution is -0.146. The molecule has 5 nitrogen and oxygen atoms in total. The van der Waals surface area contributed by atoms with E-state index in [1.54, 1.807) is 14.0 Å². The molecule has 2 atom stereocenters. The van der Waals surface area contributed by atoms with E-state index < -0.39 is 5.54 Å². The number of likely N-dealkylation sites (N-methyl/N-ethyl adjacent to an activating group) is 1. The van der Waals surface area contributed by atoms with Gasteiger partial charge in [-0.3, -0.25) is 9.69 Å². The fourth-order valence-electron chi connectivity index (χ4n) is 1.75. The van der Waals surface area contributed by atoms with Crippen LogP contribution in [0.25, 0.3) is 0 Å². The molecule has 2 N–H and O–H groups in total. The number of ether oxygens (including phenoxy) is 2. The van der Waals surface area contributed by atoms with Crippen LogP contribution in [0, 0.1) is 0 Å². The van der Waals surface area contributed by atoms with Crippen molar-refractivity contribution in [2.45, 2.75) is 38.8 Å². The number of carbonyl (C=O) groups is 1. The summed E-state index contributed by atoms with van der Waals surface area (Å²) in [6, 6.07) is 0.318. The molecule has 102 valence electrons. The molecule has 17 heavy (non-hydrogen) atoms. The maximum Gasteiger partial charge on any atom is 0.325 e. The van der Waals surface area contributed by atoms with Crippen molar-refractivity contribution in [2.24, 2.45) is 5.73 Å². The van der Waals surface area contributed by atoms with Gasteiger partial charge < -0.3 is 15.2 Å². The first-order chi connectivity index (χ1) is 7.88. The minimum absolute atomic E-state index is 0.318. The van der Waals surface area contributed by atoms with Crippen LogP contribution in [0.1, 0.15) is 27.2 Å². The molecule has 0 aliphatic heterocycles. The van der Waals surface area contributed by atoms with Gasteiger partial charge in [0.2, 0.25) is 0 Å². The average molecular weight is 246 g/mol. The van der Waals surface area contributed by atoms with Crippen molar-refractivity contribution in [1.29, 1.82) is 0 Å². The SMILES string of the molecule is CCN(CCC(C)(N)C(=O)OC)C(C)COC. The van der Waals surface area contributed by atoms with Crippen molar-refractivity contribution in [3.8, 4) is 0 Å². The van der Waals surface area contributed by atoms with Gasteiger partial charge >= 0.3 is 5.97 Å². The Hall–Kier alpha value is -0.650. The number of nitrogens with zero attached hydrogens (tertiary/aromatic N) is 1. The zero-order valence-electron chi connectivity index (χ0n) is 11.7. The van der Waals surface area contributed by atoms with Gasteiger partial charge in [0.25, 0.3) is 0 Å². The molecule has 0 aliphatic carbocycles. The first kappa shape index (κ1) is 16.4. The molecule has 0 aromatic carbocycles. The second kappa shape index (κ2) is 7.63. The van der Waals surface area contributed by atoms with Crippen LogP contribution >= 0.6 is 0 Å². The van der Waals surface area contributed by atoms with Crippen molar-refractivity contribution < 1.29 is 14.3 Å². The van der Waals surface area contributed by atoms with Gasteiger partial charge in [-0.15, -0.1) is 0 Å². The molecule has 0 saturated heterocycles. The maximum atomic E-state index is 11.4. The van der Waals surface area contributed by atoms with Crippen LogP contribution in [-0.4, -0.2) is 56.4 Å². The molecule has 0 radical (unpaired) electrons. The maximum absolute atomic E-state index is 11.4. The molecular formula is C12H26N2O3. The van der Waals surface area contributed by atoms with Crippen LogP contribution < -0.4 is 5.73 Å². The summed E-state index contributed by atoms with van der Waals surface area (Å²) in [4.78, 5) is 13.7. The molecule has 0 spiro atoms. The summed E-state index contributed by atoms with van der Waals surface area (Å²) < 4.78 is 9.80. The molecule has 0 aromatic rings. The van der Waals surface area contributed by atoms with E-state index in [2.05, 4.69) is 23.5 Å². The monoisotopic (exact) mass is 246 g/mol. The van der Waals surface area contributed by atoms with Crippen molar-refractivity contribution in [3.05, 3.63) is 0 Å². The first-order valence-corrected chi connectivity index (χ1v) is 5.99. The molecule has 0 fully saturated rings. The van der Waals surface area contributed by atoms with E-state index in [1.165, 1.54) is 7.11 Å². The van der Waals surface area contributed by atoms with Crippen molar-refractivity contribution in [2.75, 3.05) is 33.9 Å². The van der Waals surface area contributed by atoms with Gasteiger partial charge in [0.15, 0.2) is 0 Å². The third-order valence-electron chi connectivity index (χ3n) is 3.01. The van der Waals surface area contributed by atoms with E-state index in [1.807, 2.05) is 0 Å². The highest BCUT2D eigenvalue weighted by Gasteiger charge is 2.30. The van der Waals surface area contributed by atoms with Crippen molar-refractivity contribution in [3.63, 3.8) is 0 Å². The fraction of sp³-hybridized carbons (Fsp3) is 0.917. The van der Waals surface area contributed by atoms with Crippen LogP contribution in [0.15, 0.2) is 0 Å². The van der Waals surface area contributed by atoms with Crippen LogP contribution in [0.4, 0.5) is 0 Å². The van der Waals surface area contributed by atoms with E-state index in [9.17, 15) is 4.79 Å². The quantitative estimate of drug-likeness (QED) is 0.636. The molecule has 5 heteroatoms. The molecule has 0 bridgehead atoms. The van der Waals surface area contributed by atoms with Crippen LogP contribution in [-0.2, 0) is 14.3 Å². The number of esters is 1. The minimum atomic E-state index is -0.922. The normalized spacial score (nSPS) is 16.6. The van der Waals surface area contributed by atoms with Crippen molar-refractivity contribution >= 4 is 5.97 Å². The Morgan fingerprint density at radius 1 is 1.47 bits per heavy atom. The lowest BCUT2D eigenvalue weighted by Gasteiger charge is -2.30. The second-order valence-electron chi connectivity index (χ2n) is 4.59. The van der Waals surface area contributed by atoms with E-state index in [-0.39, 0.29) is 5.97 Å². The van der Waals surface area contributed by atoms with E-state index in [4.69, 9.17) is 10.5 Å². The summed E-state index contributed by atoms with van der Waals surface area (Å²) in [7, 11) is 3.05. The Morgan fingerprint density at radius 2 is 2.06 bits per heavy atom. The largest absolute Gasteiger partial charge is 0.468 e. The van der Waals surface area contributed by atoms with Gasteiger partial charge in [0.1, 0.15) is 5.54 Å². The smallest absolute Gasteiger partial charge is 0.325 e. The number of carbonyl (C=O) groups excluding carboxylic acids is 1. The molecule has 0 aromatic heterocycles. The Labute approximate surface area is 104 Å². The summed E-state index contributed by atoms with van der Waals surface area (Å²) in [5, 5.41) is 0. The highest BCUT2D eigenvalue weighted by molar-refractivity contribution is 5.79. The predicted octanol–water partition coefficient (Wildman–Crippen LogP) is 0.624. The topological polar surface area (TPSA) is 64.8 Å². The van der Waals surface area contributed by atoms with E-state index >= 15 is 0 Å². The Kier molecular flexibility index (Phi) is 7.34. The molecule has 2 unspecified atom stereocenters. The predicted molar refractivity (Wildman–Crippen MR) is 67.8 cm³/mol. The zero-order valence-corrected chi connectivity index (χ0v) is 11.7. The van der Waals surface area contributed by atoms with Crippen LogP contribution in [0.5, 0.6) is 0 Å². The number of hydrogen-bond donors (Lipinski definition) is 1. The summed E-state index contributed by atoms with van der Waals surface area (Å²) in [5.41, 5.74) is 4.99. The van der Waals surface area contributed by atoms with Crippen LogP contribution in [0.3, 0.4) is 0 Å². The third kappa shape index (κ3) is 5.48. The molecule has 0 rings (SSSR count). The lowest BCUT2D eigenvalue weighted by atomic mass is 9.99. The number of rotatable bonds is 8. The summed E-state index contributed by atoms with van der Waals surface area (Å²) in [6.45, 7) is 8.21. The highest BCUT2D eigenvalue weighted by Crippen LogP contribution is 2.11. The standard InChI is InChI=1S/C12H26N2O3/c1-6-14(10(2)9-16-4)8-7-12(3,13)11(15)17-5/h10H,6-9,13H2,1-5H3. The highest BCUT2D eigenvalue weighted by atomic mass is 16.5. The van der Waals surface area contributed by atoms with Gasteiger partial charge in [-0.1, -0.05) is 6.92 Å². The Bertz CT molecular complexity index is 232. The van der Waals surface area contributed by atoms with Crippen LogP contribution in [0.2, 0.25) is 0 Å². The fourth-order valence-corrected chi connectivity index (χ4v) is 1.75. The number of nitrogens with two attached hydrogens (primary N) is 1. The molecule has 0 saturated carbocycles. The summed E-state index contributed by atoms with van der Waals surface area (Å²) >= 11 is 0. The van der Waals surface area contributed by atoms with E-state index in [0.717, 1.165) is 13.1 Å². The average Bonchev–Trinajstić information content (AvgIpc) is 2.28. The van der Waals surface area contributed by atoms with Crippen molar-refractivity contribution in [1.82, 2.24) is 4.90 Å². The van der Waals surface area contributed by atoms with Gasteiger partial charge in [-0.25, -0.2) is 0 Å². The van der Waals surface area contributed by atoms with Gasteiger partial charge in [0.05, 0.1) is 13.7 Å². The Morgan fingerprint density at radius 3 is 2.47 bits per heavy atom. The Balaban J connectivity index is 4.27. The molecular weight excluding hydrogens is 220 g/mol. The molecule has 0 amide bonds. The number of methoxy groups -OCH3 is 2.